The van der Waals surface area contributed by atoms with Crippen molar-refractivity contribution < 1.29 is 0 Å². The van der Waals surface area contributed by atoms with Crippen LogP contribution >= 0.6 is 0 Å². The first-order chi connectivity index (χ1) is 25.3. The van der Waals surface area contributed by atoms with E-state index in [2.05, 4.69) is 204 Å². The summed E-state index contributed by atoms with van der Waals surface area (Å²) in [4.78, 5) is 7.65. The average Bonchev–Trinajstić information content (AvgIpc) is 3.78. The smallest absolute Gasteiger partial charge is 0.180 e. The molecular formula is C48H34N2Si. The third-order valence-electron chi connectivity index (χ3n) is 10.7. The summed E-state index contributed by atoms with van der Waals surface area (Å²) < 4.78 is 0. The molecule has 0 radical (unpaired) electrons. The summed E-state index contributed by atoms with van der Waals surface area (Å²) in [5, 5.41) is 10.4. The highest BCUT2D eigenvalue weighted by Crippen LogP contribution is 2.36. The first-order valence-corrected chi connectivity index (χ1v) is 19.6. The number of benzene rings is 8. The molecule has 10 rings (SSSR count). The molecule has 0 aliphatic rings. The molecule has 0 spiro atoms. The van der Waals surface area contributed by atoms with Crippen molar-refractivity contribution in [2.45, 2.75) is 0 Å². The van der Waals surface area contributed by atoms with E-state index in [1.807, 2.05) is 0 Å². The fourth-order valence-corrected chi connectivity index (χ4v) is 13.8. The van der Waals surface area contributed by atoms with E-state index in [0.29, 0.717) is 0 Å². The van der Waals surface area contributed by atoms with Gasteiger partial charge in [-0.05, 0) is 44.0 Å². The lowest BCUT2D eigenvalue weighted by atomic mass is 10.0. The molecular weight excluding hydrogens is 633 g/mol. The second kappa shape index (κ2) is 11.9. The minimum Gasteiger partial charge on any atom is -0.354 e. The van der Waals surface area contributed by atoms with Gasteiger partial charge in [0.05, 0.1) is 11.0 Å². The third-order valence-corrected chi connectivity index (χ3v) is 15.6. The Morgan fingerprint density at radius 2 is 0.627 bits per heavy atom. The van der Waals surface area contributed by atoms with Crippen molar-refractivity contribution in [1.82, 2.24) is 9.97 Å². The van der Waals surface area contributed by atoms with Gasteiger partial charge in [0.1, 0.15) is 0 Å². The number of aromatic nitrogens is 2. The van der Waals surface area contributed by atoms with Gasteiger partial charge >= 0.3 is 0 Å². The van der Waals surface area contributed by atoms with E-state index >= 15 is 0 Å². The molecule has 51 heavy (non-hydrogen) atoms. The summed E-state index contributed by atoms with van der Waals surface area (Å²) in [6, 6.07) is 71.7. The molecule has 8 aromatic carbocycles. The van der Waals surface area contributed by atoms with Gasteiger partial charge in [0.2, 0.25) is 0 Å². The van der Waals surface area contributed by atoms with Gasteiger partial charge in [0.15, 0.2) is 8.07 Å². The number of aromatic amines is 2. The van der Waals surface area contributed by atoms with Crippen molar-refractivity contribution in [1.29, 1.82) is 0 Å². The topological polar surface area (TPSA) is 31.6 Å². The summed E-state index contributed by atoms with van der Waals surface area (Å²) in [7, 11) is -3.04. The maximum absolute atomic E-state index is 3.82. The highest BCUT2D eigenvalue weighted by Gasteiger charge is 2.44. The molecule has 3 heteroatoms. The zero-order chi connectivity index (χ0) is 33.8. The van der Waals surface area contributed by atoms with Crippen LogP contribution in [0, 0.1) is 0 Å². The van der Waals surface area contributed by atoms with Crippen LogP contribution in [0.2, 0.25) is 0 Å². The molecule has 0 saturated carbocycles. The number of rotatable bonds is 6. The van der Waals surface area contributed by atoms with Gasteiger partial charge in [-0.1, -0.05) is 182 Å². The molecule has 10 aromatic rings. The second-order valence-electron chi connectivity index (χ2n) is 13.4. The van der Waals surface area contributed by atoms with Crippen molar-refractivity contribution in [3.63, 3.8) is 0 Å². The molecule has 0 unspecified atom stereocenters. The Hall–Kier alpha value is -6.42. The average molecular weight is 667 g/mol. The summed E-state index contributed by atoms with van der Waals surface area (Å²) in [5.41, 5.74) is 9.61. The molecule has 0 bridgehead atoms. The van der Waals surface area contributed by atoms with Gasteiger partial charge in [-0.2, -0.15) is 0 Å². The summed E-state index contributed by atoms with van der Waals surface area (Å²) in [6.07, 6.45) is 0. The van der Waals surface area contributed by atoms with Crippen LogP contribution in [0.15, 0.2) is 194 Å². The van der Waals surface area contributed by atoms with Crippen LogP contribution in [-0.4, -0.2) is 18.0 Å². The Labute approximate surface area is 297 Å². The maximum atomic E-state index is 3.82. The predicted octanol–water partition coefficient (Wildman–Crippen LogP) is 9.67. The quantitative estimate of drug-likeness (QED) is 0.131. The van der Waals surface area contributed by atoms with Crippen molar-refractivity contribution >= 4 is 72.4 Å². The Bertz CT molecular complexity index is 2670. The first-order valence-electron chi connectivity index (χ1n) is 17.6. The second-order valence-corrected chi connectivity index (χ2v) is 17.1. The van der Waals surface area contributed by atoms with E-state index in [-0.39, 0.29) is 0 Å². The third kappa shape index (κ3) is 4.49. The van der Waals surface area contributed by atoms with E-state index < -0.39 is 8.07 Å². The van der Waals surface area contributed by atoms with E-state index in [0.717, 1.165) is 11.0 Å². The molecule has 2 heterocycles. The summed E-state index contributed by atoms with van der Waals surface area (Å²) >= 11 is 0. The predicted molar refractivity (Wildman–Crippen MR) is 220 cm³/mol. The van der Waals surface area contributed by atoms with Crippen LogP contribution in [0.25, 0.3) is 65.9 Å². The number of H-pyrrole nitrogens is 2. The molecule has 0 amide bonds. The van der Waals surface area contributed by atoms with Crippen molar-refractivity contribution in [2.24, 2.45) is 0 Å². The first kappa shape index (κ1) is 29.5. The number of hydrogen-bond acceptors (Lipinski definition) is 0. The molecule has 2 aromatic heterocycles. The summed E-state index contributed by atoms with van der Waals surface area (Å²) in [5.74, 6) is 0. The van der Waals surface area contributed by atoms with Crippen molar-refractivity contribution in [3.05, 3.63) is 194 Å². The standard InChI is InChI=1S/C48H34N2Si/c1-3-17-33(18-4-1)51(34-19-5-2-6-20-34,45-31-13-9-23-37(45)41-27-15-25-39-35-21-7-11-29-43(35)49-47(39)41)46-32-14-10-24-38(46)42-28-16-26-40-36-22-8-12-30-44(36)50-48(40)42/h1-32,49-50H. The zero-order valence-electron chi connectivity index (χ0n) is 28.0. The molecule has 0 atom stereocenters. The van der Waals surface area contributed by atoms with Crippen LogP contribution in [0.3, 0.4) is 0 Å². The van der Waals surface area contributed by atoms with Gasteiger partial charge in [0.25, 0.3) is 0 Å². The van der Waals surface area contributed by atoms with Crippen molar-refractivity contribution in [2.75, 3.05) is 0 Å². The van der Waals surface area contributed by atoms with Gasteiger partial charge in [-0.25, -0.2) is 0 Å². The Balaban J connectivity index is 1.35. The van der Waals surface area contributed by atoms with E-state index in [1.54, 1.807) is 0 Å². The van der Waals surface area contributed by atoms with Crippen LogP contribution in [0.1, 0.15) is 0 Å². The fourth-order valence-electron chi connectivity index (χ4n) is 8.60. The number of nitrogens with one attached hydrogen (secondary N) is 2. The lowest BCUT2D eigenvalue weighted by molar-refractivity contribution is 1.53. The molecule has 240 valence electrons. The van der Waals surface area contributed by atoms with Crippen LogP contribution in [0.4, 0.5) is 0 Å². The van der Waals surface area contributed by atoms with E-state index in [1.165, 1.54) is 75.6 Å². The molecule has 0 aliphatic carbocycles. The lowest BCUT2D eigenvalue weighted by Gasteiger charge is -2.37. The monoisotopic (exact) mass is 666 g/mol. The van der Waals surface area contributed by atoms with Crippen LogP contribution in [-0.2, 0) is 0 Å². The largest absolute Gasteiger partial charge is 0.354 e. The van der Waals surface area contributed by atoms with Gasteiger partial charge < -0.3 is 9.97 Å². The highest BCUT2D eigenvalue weighted by molar-refractivity contribution is 7.21. The fraction of sp³-hybridized carbons (Fsp3) is 0. The van der Waals surface area contributed by atoms with Gasteiger partial charge in [-0.3, -0.25) is 0 Å². The minimum atomic E-state index is -3.04. The van der Waals surface area contributed by atoms with Crippen LogP contribution < -0.4 is 20.7 Å². The summed E-state index contributed by atoms with van der Waals surface area (Å²) in [6.45, 7) is 0. The number of para-hydroxylation sites is 4. The molecule has 2 N–H and O–H groups in total. The van der Waals surface area contributed by atoms with Crippen molar-refractivity contribution in [3.8, 4) is 22.3 Å². The molecule has 0 aliphatic heterocycles. The maximum Gasteiger partial charge on any atom is 0.180 e. The highest BCUT2D eigenvalue weighted by atomic mass is 28.3. The minimum absolute atomic E-state index is 1.16. The molecule has 2 nitrogen and oxygen atoms in total. The molecule has 0 fully saturated rings. The van der Waals surface area contributed by atoms with E-state index in [4.69, 9.17) is 0 Å². The van der Waals surface area contributed by atoms with Gasteiger partial charge in [-0.15, -0.1) is 0 Å². The molecule has 0 saturated heterocycles. The zero-order valence-corrected chi connectivity index (χ0v) is 29.0. The lowest BCUT2D eigenvalue weighted by Crippen LogP contribution is -2.75. The SMILES string of the molecule is c1ccc([Si](c2ccccc2)(c2ccccc2-c2cccc3c2[nH]c2ccccc23)c2ccccc2-c2cccc3c2[nH]c2ccccc23)cc1. The van der Waals surface area contributed by atoms with Gasteiger partial charge in [0, 0.05) is 43.7 Å². The van der Waals surface area contributed by atoms with Crippen LogP contribution in [0.5, 0.6) is 0 Å². The normalized spacial score (nSPS) is 11.9. The Morgan fingerprint density at radius 3 is 1.10 bits per heavy atom. The number of fused-ring (bicyclic) bond motifs is 6. The Kier molecular flexibility index (Phi) is 6.86. The van der Waals surface area contributed by atoms with E-state index in [9.17, 15) is 0 Å². The Morgan fingerprint density at radius 1 is 0.275 bits per heavy atom. The number of hydrogen-bond donors (Lipinski definition) is 2.